The van der Waals surface area contributed by atoms with Crippen LogP contribution in [0.15, 0.2) is 24.3 Å². The summed E-state index contributed by atoms with van der Waals surface area (Å²) in [5, 5.41) is 3.68. The Morgan fingerprint density at radius 3 is 2.40 bits per heavy atom. The van der Waals surface area contributed by atoms with Crippen molar-refractivity contribution in [2.45, 2.75) is 33.2 Å². The average Bonchev–Trinajstić information content (AvgIpc) is 2.88. The largest absolute Gasteiger partial charge is 0.347 e. The number of hydrogen-bond donors (Lipinski definition) is 2. The average molecular weight is 408 g/mol. The number of amides is 1. The molecule has 1 aromatic carbocycles. The van der Waals surface area contributed by atoms with Crippen molar-refractivity contribution in [2.24, 2.45) is 11.7 Å². The molecule has 0 bridgehead atoms. The van der Waals surface area contributed by atoms with Crippen molar-refractivity contribution in [3.05, 3.63) is 40.7 Å². The lowest BCUT2D eigenvalue weighted by Crippen LogP contribution is -2.41. The Labute approximate surface area is 164 Å². The summed E-state index contributed by atoms with van der Waals surface area (Å²) in [7, 11) is 0. The molecule has 0 aliphatic carbocycles. The van der Waals surface area contributed by atoms with E-state index >= 15 is 0 Å². The lowest BCUT2D eigenvalue weighted by atomic mass is 10.0. The SMILES string of the molecule is Cc1nc(-c2ccc(F)cc2)sc1C(=O)NC(CN)CC(C)C.Cl.Cl. The van der Waals surface area contributed by atoms with Gasteiger partial charge in [0.2, 0.25) is 0 Å². The van der Waals surface area contributed by atoms with Gasteiger partial charge >= 0.3 is 0 Å². The van der Waals surface area contributed by atoms with Crippen LogP contribution in [0.4, 0.5) is 4.39 Å². The fraction of sp³-hybridized carbons (Fsp3) is 0.412. The minimum absolute atomic E-state index is 0. The van der Waals surface area contributed by atoms with Crippen molar-refractivity contribution in [3.8, 4) is 10.6 Å². The fourth-order valence-electron chi connectivity index (χ4n) is 2.36. The summed E-state index contributed by atoms with van der Waals surface area (Å²) in [6.07, 6.45) is 0.838. The first-order valence-electron chi connectivity index (χ1n) is 7.65. The van der Waals surface area contributed by atoms with E-state index in [4.69, 9.17) is 5.73 Å². The zero-order valence-electron chi connectivity index (χ0n) is 14.4. The summed E-state index contributed by atoms with van der Waals surface area (Å²) < 4.78 is 13.0. The van der Waals surface area contributed by atoms with Crippen LogP contribution in [-0.4, -0.2) is 23.5 Å². The van der Waals surface area contributed by atoms with E-state index in [1.54, 1.807) is 19.1 Å². The number of carbonyl (C=O) groups is 1. The molecule has 0 radical (unpaired) electrons. The zero-order chi connectivity index (χ0) is 17.0. The quantitative estimate of drug-likeness (QED) is 0.753. The standard InChI is InChI=1S/C17H22FN3OS.2ClH/c1-10(2)8-14(9-19)21-16(22)15-11(3)20-17(23-15)12-4-6-13(18)7-5-12;;/h4-7,10,14H,8-9,19H2,1-3H3,(H,21,22);2*1H. The molecule has 4 nitrogen and oxygen atoms in total. The van der Waals surface area contributed by atoms with Crippen molar-refractivity contribution in [1.29, 1.82) is 0 Å². The Hall–Kier alpha value is -1.21. The van der Waals surface area contributed by atoms with Crippen LogP contribution in [0.25, 0.3) is 10.6 Å². The third-order valence-corrected chi connectivity index (χ3v) is 4.67. The number of aryl methyl sites for hydroxylation is 1. The summed E-state index contributed by atoms with van der Waals surface area (Å²) >= 11 is 1.31. The number of nitrogens with zero attached hydrogens (tertiary/aromatic N) is 1. The van der Waals surface area contributed by atoms with Crippen LogP contribution in [0.1, 0.15) is 35.6 Å². The van der Waals surface area contributed by atoms with Gasteiger partial charge in [-0.3, -0.25) is 4.79 Å². The second-order valence-corrected chi connectivity index (χ2v) is 6.98. The van der Waals surface area contributed by atoms with Gasteiger partial charge in [0.25, 0.3) is 5.91 Å². The Morgan fingerprint density at radius 2 is 1.88 bits per heavy atom. The van der Waals surface area contributed by atoms with Gasteiger partial charge < -0.3 is 11.1 Å². The normalized spacial score (nSPS) is 11.4. The van der Waals surface area contributed by atoms with Crippen molar-refractivity contribution >= 4 is 42.1 Å². The van der Waals surface area contributed by atoms with E-state index in [1.165, 1.54) is 23.5 Å². The van der Waals surface area contributed by atoms with Gasteiger partial charge in [-0.05, 0) is 43.5 Å². The van der Waals surface area contributed by atoms with E-state index in [1.807, 2.05) is 0 Å². The molecule has 0 aliphatic heterocycles. The van der Waals surface area contributed by atoms with Gasteiger partial charge in [0, 0.05) is 18.2 Å². The highest BCUT2D eigenvalue weighted by Crippen LogP contribution is 2.28. The molecule has 1 heterocycles. The van der Waals surface area contributed by atoms with Crippen molar-refractivity contribution in [1.82, 2.24) is 10.3 Å². The monoisotopic (exact) mass is 407 g/mol. The van der Waals surface area contributed by atoms with Gasteiger partial charge in [0.05, 0.1) is 5.69 Å². The first kappa shape index (κ1) is 23.8. The van der Waals surface area contributed by atoms with Crippen molar-refractivity contribution in [3.63, 3.8) is 0 Å². The molecule has 2 rings (SSSR count). The molecule has 140 valence electrons. The smallest absolute Gasteiger partial charge is 0.263 e. The lowest BCUT2D eigenvalue weighted by Gasteiger charge is -2.18. The predicted molar refractivity (Wildman–Crippen MR) is 107 cm³/mol. The third-order valence-electron chi connectivity index (χ3n) is 3.47. The Balaban J connectivity index is 0.00000288. The number of hydrogen-bond acceptors (Lipinski definition) is 4. The molecular weight excluding hydrogens is 384 g/mol. The second-order valence-electron chi connectivity index (χ2n) is 5.98. The minimum atomic E-state index is -0.292. The molecule has 0 spiro atoms. The predicted octanol–water partition coefficient (Wildman–Crippen LogP) is 4.20. The van der Waals surface area contributed by atoms with Crippen LogP contribution in [-0.2, 0) is 0 Å². The maximum Gasteiger partial charge on any atom is 0.263 e. The molecule has 8 heteroatoms. The number of thiazole rings is 1. The summed E-state index contributed by atoms with van der Waals surface area (Å²) in [6, 6.07) is 6.06. The summed E-state index contributed by atoms with van der Waals surface area (Å²) in [4.78, 5) is 17.5. The van der Waals surface area contributed by atoms with Crippen LogP contribution in [0, 0.1) is 18.7 Å². The summed E-state index contributed by atoms with van der Waals surface area (Å²) in [5.74, 6) is 0.0186. The van der Waals surface area contributed by atoms with Gasteiger partial charge in [-0.15, -0.1) is 36.2 Å². The molecule has 0 saturated heterocycles. The van der Waals surface area contributed by atoms with Gasteiger partial charge in [-0.2, -0.15) is 0 Å². The maximum atomic E-state index is 13.0. The molecule has 0 aliphatic rings. The number of nitrogens with one attached hydrogen (secondary N) is 1. The molecule has 2 aromatic rings. The minimum Gasteiger partial charge on any atom is -0.347 e. The van der Waals surface area contributed by atoms with E-state index in [9.17, 15) is 9.18 Å². The van der Waals surface area contributed by atoms with E-state index in [2.05, 4.69) is 24.1 Å². The maximum absolute atomic E-state index is 13.0. The van der Waals surface area contributed by atoms with E-state index < -0.39 is 0 Å². The Bertz CT molecular complexity index is 677. The number of halogens is 3. The number of nitrogens with two attached hydrogens (primary N) is 1. The van der Waals surface area contributed by atoms with Crippen LogP contribution in [0.3, 0.4) is 0 Å². The van der Waals surface area contributed by atoms with E-state index in [0.29, 0.717) is 28.0 Å². The van der Waals surface area contributed by atoms with E-state index in [-0.39, 0.29) is 42.6 Å². The van der Waals surface area contributed by atoms with Crippen LogP contribution < -0.4 is 11.1 Å². The lowest BCUT2D eigenvalue weighted by molar-refractivity contribution is 0.0937. The highest BCUT2D eigenvalue weighted by Gasteiger charge is 2.19. The third kappa shape index (κ3) is 6.55. The molecule has 1 unspecified atom stereocenters. The molecule has 0 saturated carbocycles. The van der Waals surface area contributed by atoms with Gasteiger partial charge in [0.1, 0.15) is 15.7 Å². The zero-order valence-corrected chi connectivity index (χ0v) is 16.9. The Morgan fingerprint density at radius 1 is 1.28 bits per heavy atom. The van der Waals surface area contributed by atoms with Crippen LogP contribution in [0.2, 0.25) is 0 Å². The second kappa shape index (κ2) is 10.7. The molecule has 1 amide bonds. The highest BCUT2D eigenvalue weighted by molar-refractivity contribution is 7.17. The number of rotatable bonds is 6. The topological polar surface area (TPSA) is 68.0 Å². The number of benzene rings is 1. The van der Waals surface area contributed by atoms with Gasteiger partial charge in [0.15, 0.2) is 0 Å². The fourth-order valence-corrected chi connectivity index (χ4v) is 3.33. The summed E-state index contributed by atoms with van der Waals surface area (Å²) in [5.41, 5.74) is 7.21. The number of aromatic nitrogens is 1. The van der Waals surface area contributed by atoms with Gasteiger partial charge in [-0.25, -0.2) is 9.37 Å². The first-order chi connectivity index (χ1) is 10.9. The molecule has 1 atom stereocenters. The van der Waals surface area contributed by atoms with Crippen molar-refractivity contribution < 1.29 is 9.18 Å². The van der Waals surface area contributed by atoms with Gasteiger partial charge in [-0.1, -0.05) is 13.8 Å². The highest BCUT2D eigenvalue weighted by atomic mass is 35.5. The van der Waals surface area contributed by atoms with Crippen LogP contribution >= 0.6 is 36.2 Å². The first-order valence-corrected chi connectivity index (χ1v) is 8.46. The molecule has 25 heavy (non-hydrogen) atoms. The van der Waals surface area contributed by atoms with Crippen molar-refractivity contribution in [2.75, 3.05) is 6.54 Å². The molecule has 1 aromatic heterocycles. The molecular formula is C17H24Cl2FN3OS. The molecule has 3 N–H and O–H groups in total. The summed E-state index contributed by atoms with van der Waals surface area (Å²) in [6.45, 7) is 6.41. The Kier molecular flexibility index (Phi) is 10.2. The molecule has 0 fully saturated rings. The van der Waals surface area contributed by atoms with Crippen LogP contribution in [0.5, 0.6) is 0 Å². The number of carbonyl (C=O) groups excluding carboxylic acids is 1. The van der Waals surface area contributed by atoms with E-state index in [0.717, 1.165) is 12.0 Å².